The fourth-order valence-electron chi connectivity index (χ4n) is 4.33. The molecule has 2 aromatic rings. The van der Waals surface area contributed by atoms with Gasteiger partial charge in [0.25, 0.3) is 5.91 Å². The molecule has 1 N–H and O–H groups in total. The number of aromatic nitrogens is 2. The van der Waals surface area contributed by atoms with Crippen LogP contribution in [0.2, 0.25) is 0 Å². The number of nitrogens with zero attached hydrogens (tertiary/aromatic N) is 4. The normalized spacial score (nSPS) is 18.2. The SMILES string of the molecule is CNc1nc(C2CCCCN2C(=O)COc2ccc(F)cc2)nc2c1CCN(C(C)=O)C2. The summed E-state index contributed by atoms with van der Waals surface area (Å²) in [7, 11) is 1.82. The summed E-state index contributed by atoms with van der Waals surface area (Å²) in [4.78, 5) is 38.0. The van der Waals surface area contributed by atoms with E-state index in [0.717, 1.165) is 36.3 Å². The number of ether oxygens (including phenoxy) is 1. The van der Waals surface area contributed by atoms with Crippen LogP contribution in [0, 0.1) is 5.82 Å². The molecule has 1 unspecified atom stereocenters. The maximum atomic E-state index is 13.1. The molecule has 8 nitrogen and oxygen atoms in total. The van der Waals surface area contributed by atoms with Crippen molar-refractivity contribution in [1.29, 1.82) is 0 Å². The van der Waals surface area contributed by atoms with Crippen LogP contribution in [-0.4, -0.2) is 58.3 Å². The topological polar surface area (TPSA) is 87.7 Å². The molecule has 2 aliphatic rings. The second-order valence-electron chi connectivity index (χ2n) is 8.14. The second-order valence-corrected chi connectivity index (χ2v) is 8.14. The number of hydrogen-bond donors (Lipinski definition) is 1. The van der Waals surface area contributed by atoms with Gasteiger partial charge in [-0.15, -0.1) is 0 Å². The van der Waals surface area contributed by atoms with Crippen molar-refractivity contribution < 1.29 is 18.7 Å². The van der Waals surface area contributed by atoms with E-state index < -0.39 is 0 Å². The van der Waals surface area contributed by atoms with E-state index in [4.69, 9.17) is 14.7 Å². The fraction of sp³-hybridized carbons (Fsp3) is 0.478. The highest BCUT2D eigenvalue weighted by molar-refractivity contribution is 5.78. The van der Waals surface area contributed by atoms with Crippen molar-refractivity contribution in [3.63, 3.8) is 0 Å². The summed E-state index contributed by atoms with van der Waals surface area (Å²) >= 11 is 0. The molecule has 1 aromatic heterocycles. The number of hydrogen-bond acceptors (Lipinski definition) is 6. The lowest BCUT2D eigenvalue weighted by Crippen LogP contribution is -2.42. The van der Waals surface area contributed by atoms with Gasteiger partial charge in [0.05, 0.1) is 18.3 Å². The van der Waals surface area contributed by atoms with Crippen LogP contribution in [0.25, 0.3) is 0 Å². The van der Waals surface area contributed by atoms with Crippen LogP contribution in [0.4, 0.5) is 10.2 Å². The molecule has 0 radical (unpaired) electrons. The Morgan fingerprint density at radius 3 is 2.69 bits per heavy atom. The molecule has 1 saturated heterocycles. The molecule has 0 saturated carbocycles. The lowest BCUT2D eigenvalue weighted by atomic mass is 9.99. The standard InChI is InChI=1S/C23H28FN5O3/c1-15(30)28-12-10-18-19(13-28)26-23(27-22(18)25-2)20-5-3-4-11-29(20)21(31)14-32-17-8-6-16(24)7-9-17/h6-9,20H,3-5,10-14H2,1-2H3,(H,25,26,27). The van der Waals surface area contributed by atoms with Crippen molar-refractivity contribution in [3.8, 4) is 5.75 Å². The van der Waals surface area contributed by atoms with Gasteiger partial charge in [0.15, 0.2) is 12.4 Å². The minimum absolute atomic E-state index is 0.0224. The molecule has 0 bridgehead atoms. The number of nitrogens with one attached hydrogen (secondary N) is 1. The van der Waals surface area contributed by atoms with Gasteiger partial charge in [0.2, 0.25) is 5.91 Å². The number of halogens is 1. The van der Waals surface area contributed by atoms with Crippen molar-refractivity contribution >= 4 is 17.6 Å². The highest BCUT2D eigenvalue weighted by Gasteiger charge is 2.32. The van der Waals surface area contributed by atoms with Gasteiger partial charge in [-0.3, -0.25) is 9.59 Å². The molecule has 32 heavy (non-hydrogen) atoms. The summed E-state index contributed by atoms with van der Waals surface area (Å²) in [5, 5.41) is 3.16. The second kappa shape index (κ2) is 9.50. The van der Waals surface area contributed by atoms with Crippen molar-refractivity contribution in [2.24, 2.45) is 0 Å². The van der Waals surface area contributed by atoms with Gasteiger partial charge < -0.3 is 19.9 Å². The Morgan fingerprint density at radius 1 is 1.19 bits per heavy atom. The largest absolute Gasteiger partial charge is 0.484 e. The molecule has 2 aliphatic heterocycles. The zero-order valence-electron chi connectivity index (χ0n) is 18.4. The molecule has 1 fully saturated rings. The number of piperidine rings is 1. The Bertz CT molecular complexity index is 998. The zero-order chi connectivity index (χ0) is 22.7. The van der Waals surface area contributed by atoms with Crippen molar-refractivity contribution in [3.05, 3.63) is 47.2 Å². The summed E-state index contributed by atoms with van der Waals surface area (Å²) in [5.41, 5.74) is 1.86. The predicted octanol–water partition coefficient (Wildman–Crippen LogP) is 2.69. The number of anilines is 1. The van der Waals surface area contributed by atoms with E-state index in [0.29, 0.717) is 37.6 Å². The minimum Gasteiger partial charge on any atom is -0.484 e. The van der Waals surface area contributed by atoms with E-state index >= 15 is 0 Å². The van der Waals surface area contributed by atoms with Crippen LogP contribution in [0.3, 0.4) is 0 Å². The number of amides is 2. The number of carbonyl (C=O) groups excluding carboxylic acids is 2. The molecule has 0 spiro atoms. The first kappa shape index (κ1) is 22.0. The average molecular weight is 442 g/mol. The van der Waals surface area contributed by atoms with E-state index in [-0.39, 0.29) is 30.3 Å². The van der Waals surface area contributed by atoms with Crippen molar-refractivity contribution in [1.82, 2.24) is 19.8 Å². The fourth-order valence-corrected chi connectivity index (χ4v) is 4.33. The summed E-state index contributed by atoms with van der Waals surface area (Å²) in [5.74, 6) is 1.31. The number of fused-ring (bicyclic) bond motifs is 1. The number of rotatable bonds is 5. The molecule has 4 rings (SSSR count). The van der Waals surface area contributed by atoms with Gasteiger partial charge in [-0.25, -0.2) is 14.4 Å². The Balaban J connectivity index is 1.55. The third-order valence-corrected chi connectivity index (χ3v) is 6.06. The maximum absolute atomic E-state index is 13.1. The summed E-state index contributed by atoms with van der Waals surface area (Å²) in [6.45, 7) is 3.13. The first-order valence-electron chi connectivity index (χ1n) is 11.0. The summed E-state index contributed by atoms with van der Waals surface area (Å²) in [6, 6.07) is 5.35. The van der Waals surface area contributed by atoms with Crippen molar-refractivity contribution in [2.75, 3.05) is 32.1 Å². The quantitative estimate of drug-likeness (QED) is 0.768. The van der Waals surface area contributed by atoms with Crippen LogP contribution in [-0.2, 0) is 22.6 Å². The lowest BCUT2D eigenvalue weighted by Gasteiger charge is -2.36. The molecule has 170 valence electrons. The third-order valence-electron chi connectivity index (χ3n) is 6.06. The predicted molar refractivity (Wildman–Crippen MR) is 117 cm³/mol. The Kier molecular flexibility index (Phi) is 6.53. The maximum Gasteiger partial charge on any atom is 0.261 e. The van der Waals surface area contributed by atoms with Gasteiger partial charge in [-0.05, 0) is 49.9 Å². The molecule has 0 aliphatic carbocycles. The Morgan fingerprint density at radius 2 is 1.97 bits per heavy atom. The van der Waals surface area contributed by atoms with E-state index in [2.05, 4.69) is 5.32 Å². The highest BCUT2D eigenvalue weighted by atomic mass is 19.1. The van der Waals surface area contributed by atoms with Gasteiger partial charge >= 0.3 is 0 Å². The van der Waals surface area contributed by atoms with Gasteiger partial charge in [-0.1, -0.05) is 0 Å². The smallest absolute Gasteiger partial charge is 0.261 e. The molecule has 2 amide bonds. The van der Waals surface area contributed by atoms with Gasteiger partial charge in [0, 0.05) is 32.6 Å². The van der Waals surface area contributed by atoms with Gasteiger partial charge in [-0.2, -0.15) is 0 Å². The molecule has 1 aromatic carbocycles. The van der Waals surface area contributed by atoms with E-state index in [1.54, 1.807) is 16.7 Å². The Hall–Kier alpha value is -3.23. The molecule has 1 atom stereocenters. The molecular formula is C23H28FN5O3. The first-order chi connectivity index (χ1) is 15.5. The zero-order valence-corrected chi connectivity index (χ0v) is 18.4. The molecular weight excluding hydrogens is 413 g/mol. The molecule has 3 heterocycles. The van der Waals surface area contributed by atoms with Crippen LogP contribution in [0.5, 0.6) is 5.75 Å². The Labute approximate surface area is 186 Å². The van der Waals surface area contributed by atoms with E-state index in [1.807, 2.05) is 7.05 Å². The number of carbonyl (C=O) groups is 2. The monoisotopic (exact) mass is 441 g/mol. The number of benzene rings is 1. The average Bonchev–Trinajstić information content (AvgIpc) is 2.82. The van der Waals surface area contributed by atoms with Crippen LogP contribution in [0.15, 0.2) is 24.3 Å². The lowest BCUT2D eigenvalue weighted by molar-refractivity contribution is -0.137. The summed E-state index contributed by atoms with van der Waals surface area (Å²) in [6.07, 6.45) is 3.34. The van der Waals surface area contributed by atoms with Gasteiger partial charge in [0.1, 0.15) is 17.4 Å². The van der Waals surface area contributed by atoms with E-state index in [9.17, 15) is 14.0 Å². The highest BCUT2D eigenvalue weighted by Crippen LogP contribution is 2.32. The number of likely N-dealkylation sites (tertiary alicyclic amines) is 1. The first-order valence-corrected chi connectivity index (χ1v) is 11.0. The minimum atomic E-state index is -0.354. The van der Waals surface area contributed by atoms with Crippen molar-refractivity contribution in [2.45, 2.75) is 45.2 Å². The third kappa shape index (κ3) is 4.66. The summed E-state index contributed by atoms with van der Waals surface area (Å²) < 4.78 is 18.7. The van der Waals surface area contributed by atoms with E-state index in [1.165, 1.54) is 24.3 Å². The molecule has 9 heteroatoms. The van der Waals surface area contributed by atoms with Crippen LogP contribution < -0.4 is 10.1 Å². The van der Waals surface area contributed by atoms with Crippen LogP contribution in [0.1, 0.15) is 49.3 Å². The van der Waals surface area contributed by atoms with Crippen LogP contribution >= 0.6 is 0 Å².